The molecule has 2 atom stereocenters. The Morgan fingerprint density at radius 1 is 1.47 bits per heavy atom. The molecule has 102 valence electrons. The molecule has 0 aromatic heterocycles. The van der Waals surface area contributed by atoms with Gasteiger partial charge in [0, 0.05) is 26.7 Å². The van der Waals surface area contributed by atoms with E-state index in [1.807, 2.05) is 0 Å². The minimum absolute atomic E-state index is 0.311. The monoisotopic (exact) mass is 247 g/mol. The summed E-state index contributed by atoms with van der Waals surface area (Å²) in [5, 5.41) is 9.81. The number of methoxy groups -OCH3 is 1. The van der Waals surface area contributed by atoms with Crippen LogP contribution in [0.2, 0.25) is 0 Å². The van der Waals surface area contributed by atoms with Gasteiger partial charge in [-0.3, -0.25) is 4.90 Å². The summed E-state index contributed by atoms with van der Waals surface area (Å²) in [6.07, 6.45) is 0.907. The van der Waals surface area contributed by atoms with Crippen LogP contribution >= 0.6 is 0 Å². The van der Waals surface area contributed by atoms with Gasteiger partial charge < -0.3 is 19.3 Å². The lowest BCUT2D eigenvalue weighted by atomic mass is 10.2. The van der Waals surface area contributed by atoms with Crippen LogP contribution in [0.3, 0.4) is 0 Å². The van der Waals surface area contributed by atoms with E-state index >= 15 is 0 Å². The highest BCUT2D eigenvalue weighted by molar-refractivity contribution is 4.72. The molecule has 5 heteroatoms. The Kier molecular flexibility index (Phi) is 7.72. The van der Waals surface area contributed by atoms with E-state index in [2.05, 4.69) is 11.8 Å². The van der Waals surface area contributed by atoms with Crippen molar-refractivity contribution in [1.29, 1.82) is 0 Å². The van der Waals surface area contributed by atoms with Crippen LogP contribution in [0.5, 0.6) is 0 Å². The summed E-state index contributed by atoms with van der Waals surface area (Å²) in [4.78, 5) is 2.24. The molecule has 1 N–H and O–H groups in total. The Bertz CT molecular complexity index is 191. The molecule has 1 aliphatic heterocycles. The zero-order valence-corrected chi connectivity index (χ0v) is 10.9. The molecule has 0 radical (unpaired) electrons. The van der Waals surface area contributed by atoms with E-state index in [1.165, 1.54) is 0 Å². The molecule has 0 amide bonds. The van der Waals surface area contributed by atoms with Gasteiger partial charge in [-0.05, 0) is 6.42 Å². The Labute approximate surface area is 104 Å². The van der Waals surface area contributed by atoms with Gasteiger partial charge in [0.15, 0.2) is 0 Å². The molecule has 0 bridgehead atoms. The second kappa shape index (κ2) is 8.83. The molecule has 0 aromatic rings. The fourth-order valence-electron chi connectivity index (χ4n) is 1.91. The van der Waals surface area contributed by atoms with Gasteiger partial charge in [-0.1, -0.05) is 6.92 Å². The highest BCUT2D eigenvalue weighted by atomic mass is 16.5. The van der Waals surface area contributed by atoms with E-state index in [0.29, 0.717) is 32.5 Å². The number of hydrogen-bond donors (Lipinski definition) is 1. The van der Waals surface area contributed by atoms with Gasteiger partial charge in [-0.2, -0.15) is 0 Å². The zero-order valence-electron chi connectivity index (χ0n) is 10.9. The predicted octanol–water partition coefficient (Wildman–Crippen LogP) is 0.121. The first kappa shape index (κ1) is 14.9. The first-order valence-electron chi connectivity index (χ1n) is 6.35. The van der Waals surface area contributed by atoms with Gasteiger partial charge in [0.25, 0.3) is 0 Å². The third kappa shape index (κ3) is 6.33. The van der Waals surface area contributed by atoms with Crippen molar-refractivity contribution in [3.63, 3.8) is 0 Å². The van der Waals surface area contributed by atoms with Gasteiger partial charge in [-0.15, -0.1) is 0 Å². The van der Waals surface area contributed by atoms with Crippen LogP contribution in [0.4, 0.5) is 0 Å². The smallest absolute Gasteiger partial charge is 0.0900 e. The molecule has 1 heterocycles. The first-order valence-corrected chi connectivity index (χ1v) is 6.35. The van der Waals surface area contributed by atoms with E-state index in [4.69, 9.17) is 14.2 Å². The molecule has 5 nitrogen and oxygen atoms in total. The quantitative estimate of drug-likeness (QED) is 0.618. The number of rotatable bonds is 8. The zero-order chi connectivity index (χ0) is 12.5. The van der Waals surface area contributed by atoms with Gasteiger partial charge in [0.05, 0.1) is 38.6 Å². The van der Waals surface area contributed by atoms with Gasteiger partial charge >= 0.3 is 0 Å². The summed E-state index contributed by atoms with van der Waals surface area (Å²) in [7, 11) is 1.64. The summed E-state index contributed by atoms with van der Waals surface area (Å²) in [5.41, 5.74) is 0. The Morgan fingerprint density at radius 3 is 3.00 bits per heavy atom. The van der Waals surface area contributed by atoms with Crippen molar-refractivity contribution >= 4 is 0 Å². The number of nitrogens with zero attached hydrogens (tertiary/aromatic N) is 1. The van der Waals surface area contributed by atoms with Crippen molar-refractivity contribution in [2.24, 2.45) is 0 Å². The summed E-state index contributed by atoms with van der Waals surface area (Å²) >= 11 is 0. The number of morpholine rings is 1. The average Bonchev–Trinajstić information content (AvgIpc) is 2.35. The van der Waals surface area contributed by atoms with Crippen LogP contribution < -0.4 is 0 Å². The number of hydrogen-bond acceptors (Lipinski definition) is 5. The van der Waals surface area contributed by atoms with Crippen molar-refractivity contribution in [2.45, 2.75) is 25.6 Å². The Morgan fingerprint density at radius 2 is 2.29 bits per heavy atom. The molecular weight excluding hydrogens is 222 g/mol. The third-order valence-corrected chi connectivity index (χ3v) is 2.89. The van der Waals surface area contributed by atoms with Crippen LogP contribution in [-0.4, -0.2) is 75.4 Å². The van der Waals surface area contributed by atoms with Gasteiger partial charge in [0.1, 0.15) is 0 Å². The predicted molar refractivity (Wildman–Crippen MR) is 65.2 cm³/mol. The van der Waals surface area contributed by atoms with E-state index in [0.717, 1.165) is 26.1 Å². The number of ether oxygens (including phenoxy) is 3. The number of aliphatic hydroxyl groups excluding tert-OH is 1. The Hall–Kier alpha value is -0.200. The first-order chi connectivity index (χ1) is 8.26. The topological polar surface area (TPSA) is 51.2 Å². The van der Waals surface area contributed by atoms with Crippen LogP contribution in [0.15, 0.2) is 0 Å². The highest BCUT2D eigenvalue weighted by Gasteiger charge is 2.20. The maximum absolute atomic E-state index is 9.81. The fourth-order valence-corrected chi connectivity index (χ4v) is 1.91. The summed E-state index contributed by atoms with van der Waals surface area (Å²) in [6, 6.07) is 0. The van der Waals surface area contributed by atoms with E-state index in [9.17, 15) is 5.11 Å². The third-order valence-electron chi connectivity index (χ3n) is 2.89. The molecule has 1 aliphatic rings. The van der Waals surface area contributed by atoms with Crippen molar-refractivity contribution in [2.75, 3.05) is 53.2 Å². The SMILES string of the molecule is CCC1CN(CC(O)COCCOC)CCO1. The maximum atomic E-state index is 9.81. The van der Waals surface area contributed by atoms with E-state index < -0.39 is 6.10 Å². The molecule has 0 saturated carbocycles. The lowest BCUT2D eigenvalue weighted by molar-refractivity contribution is -0.0539. The molecular formula is C12H25NO4. The second-order valence-electron chi connectivity index (χ2n) is 4.38. The summed E-state index contributed by atoms with van der Waals surface area (Å²) < 4.78 is 15.7. The van der Waals surface area contributed by atoms with Gasteiger partial charge in [0.2, 0.25) is 0 Å². The van der Waals surface area contributed by atoms with Crippen molar-refractivity contribution in [3.05, 3.63) is 0 Å². The molecule has 0 aromatic carbocycles. The minimum atomic E-state index is -0.428. The fraction of sp³-hybridized carbons (Fsp3) is 1.00. The molecule has 2 unspecified atom stereocenters. The molecule has 0 aliphatic carbocycles. The Balaban J connectivity index is 2.10. The summed E-state index contributed by atoms with van der Waals surface area (Å²) in [6.45, 7) is 6.83. The molecule has 1 saturated heterocycles. The van der Waals surface area contributed by atoms with Crippen molar-refractivity contribution in [1.82, 2.24) is 4.90 Å². The van der Waals surface area contributed by atoms with E-state index in [-0.39, 0.29) is 0 Å². The maximum Gasteiger partial charge on any atom is 0.0900 e. The lowest BCUT2D eigenvalue weighted by Gasteiger charge is -2.33. The van der Waals surface area contributed by atoms with Crippen LogP contribution in [-0.2, 0) is 14.2 Å². The van der Waals surface area contributed by atoms with Crippen molar-refractivity contribution < 1.29 is 19.3 Å². The average molecular weight is 247 g/mol. The van der Waals surface area contributed by atoms with Crippen LogP contribution in [0, 0.1) is 0 Å². The normalized spacial score (nSPS) is 23.8. The molecule has 17 heavy (non-hydrogen) atoms. The standard InChI is InChI=1S/C12H25NO4/c1-3-12-9-13(4-5-17-12)8-11(14)10-16-7-6-15-2/h11-12,14H,3-10H2,1-2H3. The largest absolute Gasteiger partial charge is 0.389 e. The molecule has 1 fully saturated rings. The van der Waals surface area contributed by atoms with E-state index in [1.54, 1.807) is 7.11 Å². The molecule has 1 rings (SSSR count). The highest BCUT2D eigenvalue weighted by Crippen LogP contribution is 2.08. The second-order valence-corrected chi connectivity index (χ2v) is 4.38. The van der Waals surface area contributed by atoms with Crippen LogP contribution in [0.1, 0.15) is 13.3 Å². The van der Waals surface area contributed by atoms with Crippen molar-refractivity contribution in [3.8, 4) is 0 Å². The lowest BCUT2D eigenvalue weighted by Crippen LogP contribution is -2.46. The number of β-amino-alcohol motifs (C(OH)–C–C–N with tert-alkyl or cyclic N) is 1. The summed E-state index contributed by atoms with van der Waals surface area (Å²) in [5.74, 6) is 0. The van der Waals surface area contributed by atoms with Crippen LogP contribution in [0.25, 0.3) is 0 Å². The number of aliphatic hydroxyl groups is 1. The minimum Gasteiger partial charge on any atom is -0.389 e. The van der Waals surface area contributed by atoms with Gasteiger partial charge in [-0.25, -0.2) is 0 Å². The molecule has 0 spiro atoms.